The average molecular weight is 600 g/mol. The number of ether oxygens (including phenoxy) is 3. The number of aliphatic hydroxyl groups excluding tert-OH is 1. The van der Waals surface area contributed by atoms with E-state index in [9.17, 15) is 25.3 Å². The molecule has 12 nitrogen and oxygen atoms in total. The summed E-state index contributed by atoms with van der Waals surface area (Å²) in [7, 11) is 3.10. The molecule has 0 unspecified atom stereocenters. The van der Waals surface area contributed by atoms with Crippen molar-refractivity contribution in [1.29, 1.82) is 0 Å². The molecule has 4 aromatic rings. The maximum Gasteiger partial charge on any atom is 0.330 e. The molecule has 12 heteroatoms. The molecule has 1 fully saturated rings. The Morgan fingerprint density at radius 3 is 2.05 bits per heavy atom. The summed E-state index contributed by atoms with van der Waals surface area (Å²) in [5.74, 6) is 1.16. The van der Waals surface area contributed by atoms with Crippen LogP contribution in [0.1, 0.15) is 28.7 Å². The van der Waals surface area contributed by atoms with Gasteiger partial charge in [-0.2, -0.15) is 0 Å². The van der Waals surface area contributed by atoms with Gasteiger partial charge in [0.1, 0.15) is 23.2 Å². The zero-order valence-electron chi connectivity index (χ0n) is 24.5. The fourth-order valence-electron chi connectivity index (χ4n) is 6.36. The monoisotopic (exact) mass is 599 g/mol. The summed E-state index contributed by atoms with van der Waals surface area (Å²) < 4.78 is 19.0. The lowest BCUT2D eigenvalue weighted by Gasteiger charge is -2.50. The molecule has 1 saturated heterocycles. The second-order valence-corrected chi connectivity index (χ2v) is 10.8. The summed E-state index contributed by atoms with van der Waals surface area (Å²) in [6.45, 7) is 0.439. The molecule has 1 aliphatic rings. The molecule has 0 bridgehead atoms. The molecule has 1 aliphatic heterocycles. The first-order chi connectivity index (χ1) is 21.2. The smallest absolute Gasteiger partial charge is 0.330 e. The van der Waals surface area contributed by atoms with Crippen molar-refractivity contribution < 1.29 is 24.4 Å². The molecule has 3 atom stereocenters. The third-order valence-electron chi connectivity index (χ3n) is 8.40. The maximum atomic E-state index is 13.9. The third-order valence-corrected chi connectivity index (χ3v) is 8.40. The zero-order valence-corrected chi connectivity index (χ0v) is 24.5. The van der Waals surface area contributed by atoms with E-state index in [4.69, 9.17) is 14.2 Å². The number of aromatic amines is 1. The lowest BCUT2D eigenvalue weighted by molar-refractivity contribution is -0.152. The van der Waals surface area contributed by atoms with Crippen molar-refractivity contribution in [3.63, 3.8) is 0 Å². The highest BCUT2D eigenvalue weighted by Crippen LogP contribution is 2.59. The lowest BCUT2D eigenvalue weighted by atomic mass is 9.60. The first-order valence-electron chi connectivity index (χ1n) is 13.9. The van der Waals surface area contributed by atoms with E-state index < -0.39 is 47.2 Å². The van der Waals surface area contributed by atoms with Crippen molar-refractivity contribution in [3.05, 3.63) is 139 Å². The van der Waals surface area contributed by atoms with Crippen molar-refractivity contribution in [2.45, 2.75) is 36.2 Å². The second-order valence-electron chi connectivity index (χ2n) is 10.8. The molecule has 5 rings (SSSR count). The molecular weight excluding hydrogens is 566 g/mol. The van der Waals surface area contributed by atoms with E-state index in [0.29, 0.717) is 28.2 Å². The van der Waals surface area contributed by atoms with Gasteiger partial charge in [-0.25, -0.2) is 4.79 Å². The molecule has 3 aromatic carbocycles. The van der Waals surface area contributed by atoms with Crippen LogP contribution in [0, 0.1) is 6.92 Å². The molecule has 44 heavy (non-hydrogen) atoms. The molecule has 0 saturated carbocycles. The van der Waals surface area contributed by atoms with Gasteiger partial charge in [-0.05, 0) is 53.4 Å². The minimum atomic E-state index is -1.93. The molecule has 2 heterocycles. The molecule has 1 aromatic heterocycles. The highest BCUT2D eigenvalue weighted by molar-refractivity contribution is 5.55. The van der Waals surface area contributed by atoms with E-state index in [0.717, 1.165) is 0 Å². The number of hydrogen-bond acceptors (Lipinski definition) is 8. The molecular formula is C32H33N5O7. The van der Waals surface area contributed by atoms with Crippen LogP contribution in [0.3, 0.4) is 0 Å². The maximum absolute atomic E-state index is 13.9. The second kappa shape index (κ2) is 12.0. The van der Waals surface area contributed by atoms with Gasteiger partial charge in [-0.1, -0.05) is 59.7 Å². The molecule has 0 amide bonds. The number of nitrogens with zero attached hydrogens (tertiary/aromatic N) is 4. The Morgan fingerprint density at radius 2 is 1.55 bits per heavy atom. The standard InChI is InChI=1S/C32H33N5O7/c1-21-17-37(29(40)35-28(21)39)31(19-30(41,20-34-36-33)27(18-38)44-31)32(22-7-5-4-6-8-22,23-9-13-25(42-2)14-10-23)24-11-15-26(43-3)16-12-24/h4-17,27,38,41H,18-20H2,1-3H3,(H,35,39,40)/t27-,30-,31+/m1/s1. The predicted octanol–water partition coefficient (Wildman–Crippen LogP) is 3.37. The van der Waals surface area contributed by atoms with Gasteiger partial charge in [-0.15, -0.1) is 0 Å². The topological polar surface area (TPSA) is 172 Å². The predicted molar refractivity (Wildman–Crippen MR) is 162 cm³/mol. The van der Waals surface area contributed by atoms with Crippen LogP contribution in [-0.4, -0.2) is 58.8 Å². The molecule has 0 aliphatic carbocycles. The van der Waals surface area contributed by atoms with Crippen LogP contribution in [0.2, 0.25) is 0 Å². The van der Waals surface area contributed by atoms with Gasteiger partial charge in [0.05, 0.1) is 32.8 Å². The first-order valence-corrected chi connectivity index (χ1v) is 13.9. The van der Waals surface area contributed by atoms with Crippen LogP contribution in [0.15, 0.2) is 99.8 Å². The summed E-state index contributed by atoms with van der Waals surface area (Å²) in [6, 6.07) is 23.7. The number of aromatic nitrogens is 2. The zero-order chi connectivity index (χ0) is 31.5. The Hall–Kier alpha value is -4.87. The van der Waals surface area contributed by atoms with E-state index in [1.807, 2.05) is 54.6 Å². The summed E-state index contributed by atoms with van der Waals surface area (Å²) in [5.41, 5.74) is 4.70. The van der Waals surface area contributed by atoms with Crippen molar-refractivity contribution >= 4 is 0 Å². The van der Waals surface area contributed by atoms with Gasteiger partial charge in [0.15, 0.2) is 5.72 Å². The van der Waals surface area contributed by atoms with Crippen molar-refractivity contribution in [2.75, 3.05) is 27.4 Å². The quantitative estimate of drug-likeness (QED) is 0.109. The Morgan fingerprint density at radius 1 is 1.00 bits per heavy atom. The van der Waals surface area contributed by atoms with E-state index in [2.05, 4.69) is 15.0 Å². The number of aliphatic hydroxyl groups is 2. The van der Waals surface area contributed by atoms with Crippen molar-refractivity contribution in [2.24, 2.45) is 5.11 Å². The SMILES string of the molecule is COc1ccc(C(c2ccccc2)(c2ccc(OC)cc2)[C@]2(n3cc(C)c(=O)[nH]c3=O)C[C@@](O)(CN=[N+]=[N-])[C@@H](CO)O2)cc1. The number of H-pyrrole nitrogens is 1. The number of rotatable bonds is 10. The highest BCUT2D eigenvalue weighted by atomic mass is 16.6. The fourth-order valence-corrected chi connectivity index (χ4v) is 6.36. The summed E-state index contributed by atoms with van der Waals surface area (Å²) in [5, 5.41) is 26.3. The van der Waals surface area contributed by atoms with Crippen LogP contribution in [-0.2, 0) is 15.9 Å². The number of methoxy groups -OCH3 is 2. The first kappa shape index (κ1) is 30.6. The van der Waals surface area contributed by atoms with E-state index in [1.165, 1.54) is 10.8 Å². The number of hydrogen-bond donors (Lipinski definition) is 3. The van der Waals surface area contributed by atoms with Gasteiger partial charge in [0.2, 0.25) is 0 Å². The van der Waals surface area contributed by atoms with Gasteiger partial charge in [0.25, 0.3) is 5.56 Å². The number of aryl methyl sites for hydroxylation is 1. The number of benzene rings is 3. The molecule has 3 N–H and O–H groups in total. The van der Waals surface area contributed by atoms with E-state index >= 15 is 0 Å². The minimum absolute atomic E-state index is 0.213. The fraction of sp³-hybridized carbons (Fsp3) is 0.312. The van der Waals surface area contributed by atoms with Crippen LogP contribution in [0.5, 0.6) is 11.5 Å². The molecule has 0 spiro atoms. The highest BCUT2D eigenvalue weighted by Gasteiger charge is 2.67. The van der Waals surface area contributed by atoms with Crippen LogP contribution >= 0.6 is 0 Å². The van der Waals surface area contributed by atoms with Crippen molar-refractivity contribution in [3.8, 4) is 11.5 Å². The van der Waals surface area contributed by atoms with Crippen LogP contribution in [0.25, 0.3) is 10.4 Å². The average Bonchev–Trinajstić information content (AvgIpc) is 3.36. The van der Waals surface area contributed by atoms with Gasteiger partial charge < -0.3 is 24.4 Å². The summed E-state index contributed by atoms with van der Waals surface area (Å²) in [6.07, 6.45) is -0.242. The molecule has 0 radical (unpaired) electrons. The Balaban J connectivity index is 2.02. The van der Waals surface area contributed by atoms with Crippen LogP contribution in [0.4, 0.5) is 0 Å². The Labute approximate surface area is 252 Å². The minimum Gasteiger partial charge on any atom is -0.497 e. The molecule has 228 valence electrons. The number of nitrogens with one attached hydrogen (secondary N) is 1. The van der Waals surface area contributed by atoms with E-state index in [-0.39, 0.29) is 12.0 Å². The largest absolute Gasteiger partial charge is 0.497 e. The Bertz CT molecular complexity index is 1740. The van der Waals surface area contributed by atoms with E-state index in [1.54, 1.807) is 45.4 Å². The van der Waals surface area contributed by atoms with Crippen LogP contribution < -0.4 is 20.7 Å². The van der Waals surface area contributed by atoms with Gasteiger partial charge in [0, 0.05) is 23.1 Å². The summed E-state index contributed by atoms with van der Waals surface area (Å²) >= 11 is 0. The third kappa shape index (κ3) is 4.83. The lowest BCUT2D eigenvalue weighted by Crippen LogP contribution is -2.59. The summed E-state index contributed by atoms with van der Waals surface area (Å²) in [4.78, 5) is 31.7. The van der Waals surface area contributed by atoms with Crippen molar-refractivity contribution in [1.82, 2.24) is 9.55 Å². The number of azide groups is 1. The normalized spacial score (nSPS) is 21.4. The Kier molecular flexibility index (Phi) is 8.36. The van der Waals surface area contributed by atoms with Gasteiger partial charge in [-0.3, -0.25) is 14.3 Å². The van der Waals surface area contributed by atoms with Gasteiger partial charge >= 0.3 is 5.69 Å².